The van der Waals surface area contributed by atoms with Crippen LogP contribution in [0, 0.1) is 13.8 Å². The number of carbonyl (C=O) groups is 1. The number of aromatic nitrogens is 2. The molecule has 0 unspecified atom stereocenters. The van der Waals surface area contributed by atoms with Crippen LogP contribution in [0.3, 0.4) is 0 Å². The van der Waals surface area contributed by atoms with E-state index in [1.807, 2.05) is 56.3 Å². The lowest BCUT2D eigenvalue weighted by molar-refractivity contribution is -0.115. The highest BCUT2D eigenvalue weighted by atomic mass is 32.2. The number of hydrogen-bond acceptors (Lipinski definition) is 5. The Bertz CT molecular complexity index is 981. The Balaban J connectivity index is 1.68. The van der Waals surface area contributed by atoms with Gasteiger partial charge in [0.1, 0.15) is 0 Å². The van der Waals surface area contributed by atoms with Gasteiger partial charge in [-0.05, 0) is 61.6 Å². The van der Waals surface area contributed by atoms with Gasteiger partial charge in [0.05, 0.1) is 5.25 Å². The number of aryl methyl sites for hydroxylation is 2. The van der Waals surface area contributed by atoms with E-state index in [1.54, 1.807) is 0 Å². The lowest BCUT2D eigenvalue weighted by Gasteiger charge is -2.15. The van der Waals surface area contributed by atoms with Crippen LogP contribution < -0.4 is 5.32 Å². The number of amides is 1. The number of rotatable bonds is 6. The van der Waals surface area contributed by atoms with E-state index in [4.69, 9.17) is 4.42 Å². The zero-order valence-electron chi connectivity index (χ0n) is 16.8. The van der Waals surface area contributed by atoms with Crippen LogP contribution in [0.2, 0.25) is 0 Å². The first-order chi connectivity index (χ1) is 13.3. The monoisotopic (exact) mass is 395 g/mol. The molecule has 1 atom stereocenters. The summed E-state index contributed by atoms with van der Waals surface area (Å²) >= 11 is 1.26. The highest BCUT2D eigenvalue weighted by Crippen LogP contribution is 2.29. The Morgan fingerprint density at radius 1 is 1.04 bits per heavy atom. The van der Waals surface area contributed by atoms with Gasteiger partial charge >= 0.3 is 0 Å². The fraction of sp³-hybridized carbons (Fsp3) is 0.318. The number of benzene rings is 2. The fourth-order valence-corrected chi connectivity index (χ4v) is 3.49. The van der Waals surface area contributed by atoms with Crippen molar-refractivity contribution in [1.82, 2.24) is 10.2 Å². The summed E-state index contributed by atoms with van der Waals surface area (Å²) in [5.41, 5.74) is 5.22. The van der Waals surface area contributed by atoms with Crippen molar-refractivity contribution in [3.8, 4) is 11.5 Å². The van der Waals surface area contributed by atoms with E-state index >= 15 is 0 Å². The number of hydrogen-bond donors (Lipinski definition) is 1. The molecule has 0 bridgehead atoms. The van der Waals surface area contributed by atoms with Crippen molar-refractivity contribution < 1.29 is 9.21 Å². The Morgan fingerprint density at radius 2 is 1.79 bits per heavy atom. The Labute approximate surface area is 170 Å². The minimum absolute atomic E-state index is 0.0935. The maximum absolute atomic E-state index is 12.6. The topological polar surface area (TPSA) is 68.0 Å². The molecule has 1 aromatic heterocycles. The first kappa shape index (κ1) is 20.1. The van der Waals surface area contributed by atoms with Crippen molar-refractivity contribution in [2.45, 2.75) is 51.0 Å². The van der Waals surface area contributed by atoms with Crippen LogP contribution >= 0.6 is 11.8 Å². The molecule has 1 heterocycles. The summed E-state index contributed by atoms with van der Waals surface area (Å²) < 4.78 is 5.76. The van der Waals surface area contributed by atoms with Crippen molar-refractivity contribution in [3.05, 3.63) is 59.2 Å². The third kappa shape index (κ3) is 4.62. The van der Waals surface area contributed by atoms with E-state index in [0.29, 0.717) is 17.0 Å². The van der Waals surface area contributed by atoms with Gasteiger partial charge in [0, 0.05) is 11.3 Å². The summed E-state index contributed by atoms with van der Waals surface area (Å²) in [6.07, 6.45) is 0. The Kier molecular flexibility index (Phi) is 6.19. The molecule has 2 aromatic carbocycles. The van der Waals surface area contributed by atoms with Gasteiger partial charge in [-0.2, -0.15) is 0 Å². The smallest absolute Gasteiger partial charge is 0.277 e. The second-order valence-electron chi connectivity index (χ2n) is 7.16. The second-order valence-corrected chi connectivity index (χ2v) is 8.46. The molecule has 1 amide bonds. The first-order valence-corrected chi connectivity index (χ1v) is 10.2. The van der Waals surface area contributed by atoms with Gasteiger partial charge in [0.15, 0.2) is 0 Å². The number of carbonyl (C=O) groups excluding carboxylic acids is 1. The number of anilines is 1. The van der Waals surface area contributed by atoms with Crippen molar-refractivity contribution in [2.75, 3.05) is 5.32 Å². The van der Waals surface area contributed by atoms with Crippen LogP contribution in [0.15, 0.2) is 52.1 Å². The highest BCUT2D eigenvalue weighted by molar-refractivity contribution is 8.00. The average Bonchev–Trinajstić information content (AvgIpc) is 3.12. The molecule has 0 saturated heterocycles. The van der Waals surface area contributed by atoms with Crippen LogP contribution in [0.4, 0.5) is 5.69 Å². The van der Waals surface area contributed by atoms with Crippen LogP contribution in [0.5, 0.6) is 0 Å². The van der Waals surface area contributed by atoms with Gasteiger partial charge in [-0.15, -0.1) is 10.2 Å². The van der Waals surface area contributed by atoms with Crippen molar-refractivity contribution in [1.29, 1.82) is 0 Å². The third-order valence-electron chi connectivity index (χ3n) is 4.65. The van der Waals surface area contributed by atoms with Crippen LogP contribution in [-0.4, -0.2) is 21.4 Å². The Morgan fingerprint density at radius 3 is 2.50 bits per heavy atom. The first-order valence-electron chi connectivity index (χ1n) is 9.32. The summed E-state index contributed by atoms with van der Waals surface area (Å²) in [6, 6.07) is 13.9. The number of thioether (sulfide) groups is 1. The van der Waals surface area contributed by atoms with Crippen LogP contribution in [0.25, 0.3) is 11.5 Å². The predicted octanol–water partition coefficient (Wildman–Crippen LogP) is 5.60. The molecule has 6 heteroatoms. The molecular weight excluding hydrogens is 370 g/mol. The van der Waals surface area contributed by atoms with E-state index in [-0.39, 0.29) is 11.2 Å². The number of nitrogens with zero attached hydrogens (tertiary/aromatic N) is 2. The van der Waals surface area contributed by atoms with Gasteiger partial charge in [-0.1, -0.05) is 49.9 Å². The minimum Gasteiger partial charge on any atom is -0.411 e. The standard InChI is InChI=1S/C22H25N3O2S/c1-13(2)18-8-6-7-9-19(18)23-20(26)16(5)28-22-25-24-21(27-22)17-11-10-14(3)15(4)12-17/h6-13,16H,1-5H3,(H,23,26)/t16-/m1/s1. The van der Waals surface area contributed by atoms with Gasteiger partial charge in [-0.25, -0.2) is 0 Å². The van der Waals surface area contributed by atoms with Crippen molar-refractivity contribution in [2.24, 2.45) is 0 Å². The zero-order chi connectivity index (χ0) is 20.3. The molecule has 3 rings (SSSR count). The molecule has 5 nitrogen and oxygen atoms in total. The molecule has 0 radical (unpaired) electrons. The number of nitrogens with one attached hydrogen (secondary N) is 1. The molecule has 0 spiro atoms. The third-order valence-corrected chi connectivity index (χ3v) is 5.58. The second kappa shape index (κ2) is 8.61. The molecule has 0 aliphatic heterocycles. The number of para-hydroxylation sites is 1. The van der Waals surface area contributed by atoms with Crippen LogP contribution in [0.1, 0.15) is 43.4 Å². The molecule has 0 fully saturated rings. The summed E-state index contributed by atoms with van der Waals surface area (Å²) in [5.74, 6) is 0.698. The molecule has 0 saturated carbocycles. The molecule has 1 N–H and O–H groups in total. The van der Waals surface area contributed by atoms with Gasteiger partial charge < -0.3 is 9.73 Å². The molecule has 146 valence electrons. The van der Waals surface area contributed by atoms with E-state index in [1.165, 1.54) is 22.9 Å². The van der Waals surface area contributed by atoms with Gasteiger partial charge in [0.2, 0.25) is 11.8 Å². The predicted molar refractivity (Wildman–Crippen MR) is 114 cm³/mol. The fourth-order valence-electron chi connectivity index (χ4n) is 2.80. The zero-order valence-corrected chi connectivity index (χ0v) is 17.6. The summed E-state index contributed by atoms with van der Waals surface area (Å²) in [7, 11) is 0. The van der Waals surface area contributed by atoms with Crippen LogP contribution in [-0.2, 0) is 4.79 Å². The largest absolute Gasteiger partial charge is 0.411 e. The average molecular weight is 396 g/mol. The van der Waals surface area contributed by atoms with E-state index in [9.17, 15) is 4.79 Å². The SMILES string of the molecule is Cc1ccc(-c2nnc(S[C@H](C)C(=O)Nc3ccccc3C(C)C)o2)cc1C. The van der Waals surface area contributed by atoms with Crippen molar-refractivity contribution >= 4 is 23.4 Å². The molecule has 0 aliphatic carbocycles. The summed E-state index contributed by atoms with van der Waals surface area (Å²) in [6.45, 7) is 10.2. The quantitative estimate of drug-likeness (QED) is 0.551. The minimum atomic E-state index is -0.367. The Hall–Kier alpha value is -2.60. The van der Waals surface area contributed by atoms with E-state index in [0.717, 1.165) is 16.8 Å². The highest BCUT2D eigenvalue weighted by Gasteiger charge is 2.20. The molecule has 28 heavy (non-hydrogen) atoms. The molecular formula is C22H25N3O2S. The molecule has 3 aromatic rings. The summed E-state index contributed by atoms with van der Waals surface area (Å²) in [4.78, 5) is 12.6. The van der Waals surface area contributed by atoms with Gasteiger partial charge in [-0.3, -0.25) is 4.79 Å². The maximum atomic E-state index is 12.6. The summed E-state index contributed by atoms with van der Waals surface area (Å²) in [5, 5.41) is 11.2. The normalized spacial score (nSPS) is 12.2. The lowest BCUT2D eigenvalue weighted by Crippen LogP contribution is -2.23. The van der Waals surface area contributed by atoms with Crippen molar-refractivity contribution in [3.63, 3.8) is 0 Å². The molecule has 0 aliphatic rings. The maximum Gasteiger partial charge on any atom is 0.277 e. The van der Waals surface area contributed by atoms with Gasteiger partial charge in [0.25, 0.3) is 5.22 Å². The lowest BCUT2D eigenvalue weighted by atomic mass is 10.0. The van der Waals surface area contributed by atoms with E-state index < -0.39 is 0 Å². The van der Waals surface area contributed by atoms with E-state index in [2.05, 4.69) is 36.3 Å².